The van der Waals surface area contributed by atoms with Crippen molar-refractivity contribution in [2.24, 2.45) is 0 Å². The van der Waals surface area contributed by atoms with E-state index in [1.807, 2.05) is 19.1 Å². The van der Waals surface area contributed by atoms with Crippen molar-refractivity contribution in [1.29, 1.82) is 0 Å². The van der Waals surface area contributed by atoms with Crippen LogP contribution in [0.25, 0.3) is 0 Å². The standard InChI is InChI=1S/C18H21ClN2O/c1-11-9-17(22-20-11)18-15(12-3-5-13(19)6-4-12)10-14-7-8-16(18)21(14)2/h3-6,9,14-16,18H,7-8,10H2,1-2H3/t14-,15?,16+,18-/m0/s1. The number of aryl methyl sites for hydroxylation is 1. The summed E-state index contributed by atoms with van der Waals surface area (Å²) in [7, 11) is 2.26. The minimum atomic E-state index is 0.381. The number of nitrogens with zero attached hydrogens (tertiary/aromatic N) is 2. The number of hydrogen-bond acceptors (Lipinski definition) is 3. The lowest BCUT2D eigenvalue weighted by molar-refractivity contribution is 0.122. The van der Waals surface area contributed by atoms with Gasteiger partial charge in [-0.05, 0) is 56.8 Å². The lowest BCUT2D eigenvalue weighted by Crippen LogP contribution is -2.44. The van der Waals surface area contributed by atoms with E-state index in [2.05, 4.69) is 35.3 Å². The molecule has 4 rings (SSSR count). The zero-order valence-electron chi connectivity index (χ0n) is 13.0. The molecule has 2 aliphatic rings. The van der Waals surface area contributed by atoms with E-state index in [9.17, 15) is 0 Å². The molecule has 0 saturated carbocycles. The summed E-state index contributed by atoms with van der Waals surface area (Å²) in [6.45, 7) is 1.99. The van der Waals surface area contributed by atoms with Crippen LogP contribution in [-0.2, 0) is 0 Å². The maximum absolute atomic E-state index is 6.06. The normalized spacial score (nSPS) is 31.6. The predicted molar refractivity (Wildman–Crippen MR) is 87.4 cm³/mol. The topological polar surface area (TPSA) is 29.3 Å². The molecule has 0 N–H and O–H groups in total. The van der Waals surface area contributed by atoms with Gasteiger partial charge in [0.1, 0.15) is 5.76 Å². The van der Waals surface area contributed by atoms with E-state index < -0.39 is 0 Å². The van der Waals surface area contributed by atoms with Crippen LogP contribution in [-0.4, -0.2) is 29.2 Å². The summed E-state index contributed by atoms with van der Waals surface area (Å²) in [5.41, 5.74) is 2.33. The third kappa shape index (κ3) is 2.27. The van der Waals surface area contributed by atoms with Gasteiger partial charge in [0.25, 0.3) is 0 Å². The predicted octanol–water partition coefficient (Wildman–Crippen LogP) is 4.37. The van der Waals surface area contributed by atoms with Crippen LogP contribution in [0.5, 0.6) is 0 Å². The molecule has 0 spiro atoms. The molecule has 2 aromatic rings. The molecule has 2 fully saturated rings. The Morgan fingerprint density at radius 1 is 1.23 bits per heavy atom. The fourth-order valence-corrected chi connectivity index (χ4v) is 4.57. The second kappa shape index (κ2) is 5.39. The van der Waals surface area contributed by atoms with Crippen LogP contribution in [0.1, 0.15) is 48.1 Å². The van der Waals surface area contributed by atoms with Gasteiger partial charge in [0, 0.05) is 29.1 Å². The monoisotopic (exact) mass is 316 g/mol. The van der Waals surface area contributed by atoms with Crippen LogP contribution in [0.3, 0.4) is 0 Å². The van der Waals surface area contributed by atoms with Gasteiger partial charge in [0.15, 0.2) is 0 Å². The van der Waals surface area contributed by atoms with Crippen molar-refractivity contribution in [3.63, 3.8) is 0 Å². The lowest BCUT2D eigenvalue weighted by atomic mass is 9.75. The number of rotatable bonds is 2. The molecule has 0 amide bonds. The second-order valence-electron chi connectivity index (χ2n) is 6.75. The Kier molecular flexibility index (Phi) is 3.50. The summed E-state index contributed by atoms with van der Waals surface area (Å²) in [6.07, 6.45) is 3.71. The van der Waals surface area contributed by atoms with Crippen LogP contribution < -0.4 is 0 Å². The first-order chi connectivity index (χ1) is 10.6. The molecule has 3 nitrogen and oxygen atoms in total. The zero-order chi connectivity index (χ0) is 15.3. The van der Waals surface area contributed by atoms with Crippen molar-refractivity contribution in [2.45, 2.75) is 50.1 Å². The van der Waals surface area contributed by atoms with Gasteiger partial charge in [-0.25, -0.2) is 0 Å². The number of fused-ring (bicyclic) bond motifs is 2. The summed E-state index contributed by atoms with van der Waals surface area (Å²) in [4.78, 5) is 2.55. The van der Waals surface area contributed by atoms with Crippen molar-refractivity contribution >= 4 is 11.6 Å². The largest absolute Gasteiger partial charge is 0.361 e. The molecule has 2 bridgehead atoms. The number of piperidine rings is 1. The third-order valence-electron chi connectivity index (χ3n) is 5.54. The van der Waals surface area contributed by atoms with Gasteiger partial charge < -0.3 is 4.52 Å². The molecule has 3 heterocycles. The highest BCUT2D eigenvalue weighted by Crippen LogP contribution is 2.50. The van der Waals surface area contributed by atoms with Gasteiger partial charge in [-0.15, -0.1) is 0 Å². The fourth-order valence-electron chi connectivity index (χ4n) is 4.45. The van der Waals surface area contributed by atoms with Crippen molar-refractivity contribution < 1.29 is 4.52 Å². The highest BCUT2D eigenvalue weighted by Gasteiger charge is 2.47. The van der Waals surface area contributed by atoms with E-state index >= 15 is 0 Å². The number of benzene rings is 1. The Bertz CT molecular complexity index is 666. The average molecular weight is 317 g/mol. The van der Waals surface area contributed by atoms with Crippen LogP contribution in [0, 0.1) is 6.92 Å². The molecule has 2 aliphatic heterocycles. The molecule has 1 aromatic carbocycles. The van der Waals surface area contributed by atoms with Gasteiger partial charge in [0.2, 0.25) is 0 Å². The van der Waals surface area contributed by atoms with Crippen molar-refractivity contribution in [3.05, 3.63) is 52.4 Å². The number of likely N-dealkylation sites (N-methyl/N-ethyl adjacent to an activating group) is 1. The molecule has 1 unspecified atom stereocenters. The first-order valence-corrected chi connectivity index (χ1v) is 8.42. The molecule has 22 heavy (non-hydrogen) atoms. The summed E-state index contributed by atoms with van der Waals surface area (Å²) >= 11 is 6.06. The zero-order valence-corrected chi connectivity index (χ0v) is 13.8. The van der Waals surface area contributed by atoms with Gasteiger partial charge >= 0.3 is 0 Å². The molecule has 2 saturated heterocycles. The smallest absolute Gasteiger partial charge is 0.142 e. The van der Waals surface area contributed by atoms with E-state index in [1.54, 1.807) is 0 Å². The summed E-state index contributed by atoms with van der Waals surface area (Å²) in [5, 5.41) is 4.92. The number of aromatic nitrogens is 1. The Labute approximate surface area is 136 Å². The van der Waals surface area contributed by atoms with E-state index in [1.165, 1.54) is 24.8 Å². The van der Waals surface area contributed by atoms with Crippen LogP contribution in [0.4, 0.5) is 0 Å². The van der Waals surface area contributed by atoms with Crippen LogP contribution in [0.2, 0.25) is 5.02 Å². The lowest BCUT2D eigenvalue weighted by Gasteiger charge is -2.42. The average Bonchev–Trinajstić information content (AvgIpc) is 3.02. The maximum atomic E-state index is 6.06. The van der Waals surface area contributed by atoms with Crippen molar-refractivity contribution in [1.82, 2.24) is 10.1 Å². The molecular formula is C18H21ClN2O. The molecule has 116 valence electrons. The maximum Gasteiger partial charge on any atom is 0.142 e. The summed E-state index contributed by atoms with van der Waals surface area (Å²) in [6, 6.07) is 11.7. The SMILES string of the molecule is Cc1cc([C@H]2C(c3ccc(Cl)cc3)C[C@@H]3CC[C@H]2N3C)on1. The second-order valence-corrected chi connectivity index (χ2v) is 7.19. The van der Waals surface area contributed by atoms with Crippen LogP contribution >= 0.6 is 11.6 Å². The first-order valence-electron chi connectivity index (χ1n) is 8.04. The number of halogens is 1. The first kappa shape index (κ1) is 14.3. The van der Waals surface area contributed by atoms with E-state index in [0.717, 1.165) is 16.5 Å². The van der Waals surface area contributed by atoms with Gasteiger partial charge in [-0.3, -0.25) is 4.90 Å². The van der Waals surface area contributed by atoms with Crippen LogP contribution in [0.15, 0.2) is 34.9 Å². The van der Waals surface area contributed by atoms with Gasteiger partial charge in [0.05, 0.1) is 5.69 Å². The molecule has 1 aromatic heterocycles. The number of hydrogen-bond donors (Lipinski definition) is 0. The van der Waals surface area contributed by atoms with Gasteiger partial charge in [-0.2, -0.15) is 0 Å². The Morgan fingerprint density at radius 2 is 2.00 bits per heavy atom. The van der Waals surface area contributed by atoms with Crippen molar-refractivity contribution in [3.8, 4) is 0 Å². The molecule has 0 aliphatic carbocycles. The highest BCUT2D eigenvalue weighted by atomic mass is 35.5. The van der Waals surface area contributed by atoms with Gasteiger partial charge in [-0.1, -0.05) is 28.9 Å². The van der Waals surface area contributed by atoms with E-state index in [4.69, 9.17) is 16.1 Å². The van der Waals surface area contributed by atoms with Crippen molar-refractivity contribution in [2.75, 3.05) is 7.05 Å². The molecule has 4 atom stereocenters. The van der Waals surface area contributed by atoms with E-state index in [-0.39, 0.29) is 0 Å². The van der Waals surface area contributed by atoms with E-state index in [0.29, 0.717) is 23.9 Å². The summed E-state index contributed by atoms with van der Waals surface area (Å²) in [5.74, 6) is 1.90. The highest BCUT2D eigenvalue weighted by molar-refractivity contribution is 6.30. The Balaban J connectivity index is 1.76. The molecular weight excluding hydrogens is 296 g/mol. The Morgan fingerprint density at radius 3 is 2.68 bits per heavy atom. The minimum absolute atomic E-state index is 0.381. The Hall–Kier alpha value is -1.32. The molecule has 4 heteroatoms. The fraction of sp³-hybridized carbons (Fsp3) is 0.500. The quantitative estimate of drug-likeness (QED) is 0.824. The summed E-state index contributed by atoms with van der Waals surface area (Å²) < 4.78 is 5.68. The minimum Gasteiger partial charge on any atom is -0.361 e. The molecule has 0 radical (unpaired) electrons. The third-order valence-corrected chi connectivity index (χ3v) is 5.79.